The minimum Gasteiger partial charge on any atom is -0.470 e. The maximum Gasteiger partial charge on any atom is 0.242 e. The summed E-state index contributed by atoms with van der Waals surface area (Å²) in [6.45, 7) is 4.76. The summed E-state index contributed by atoms with van der Waals surface area (Å²) in [6, 6.07) is 0. The van der Waals surface area contributed by atoms with E-state index in [1.54, 1.807) is 13.8 Å². The first-order chi connectivity index (χ1) is 10.7. The third-order valence-electron chi connectivity index (χ3n) is 4.57. The van der Waals surface area contributed by atoms with Gasteiger partial charge in [-0.05, 0) is 26.7 Å². The third-order valence-corrected chi connectivity index (χ3v) is 4.57. The highest BCUT2D eigenvalue weighted by molar-refractivity contribution is 5.85. The van der Waals surface area contributed by atoms with Crippen LogP contribution in [0, 0.1) is 0 Å². The SMILES string of the molecule is CC(C)(N)C(=O)N1CCC[C@]2(CC1)Cc1c(N)nc(N)nc1O2. The molecule has 0 unspecified atom stereocenters. The number of fused-ring (bicyclic) bond motifs is 1. The smallest absolute Gasteiger partial charge is 0.242 e. The highest BCUT2D eigenvalue weighted by Gasteiger charge is 2.44. The number of rotatable bonds is 1. The van der Waals surface area contributed by atoms with Crippen molar-refractivity contribution in [2.24, 2.45) is 5.73 Å². The Hall–Kier alpha value is -2.09. The maximum absolute atomic E-state index is 12.4. The van der Waals surface area contributed by atoms with Crippen molar-refractivity contribution >= 4 is 17.7 Å². The number of nitrogens with two attached hydrogens (primary N) is 3. The van der Waals surface area contributed by atoms with E-state index in [1.165, 1.54) is 0 Å². The van der Waals surface area contributed by atoms with E-state index in [4.69, 9.17) is 21.9 Å². The lowest BCUT2D eigenvalue weighted by molar-refractivity contribution is -0.135. The Morgan fingerprint density at radius 3 is 2.70 bits per heavy atom. The van der Waals surface area contributed by atoms with E-state index >= 15 is 0 Å². The van der Waals surface area contributed by atoms with Gasteiger partial charge in [-0.2, -0.15) is 9.97 Å². The maximum atomic E-state index is 12.4. The van der Waals surface area contributed by atoms with Crippen LogP contribution in [-0.2, 0) is 11.2 Å². The van der Waals surface area contributed by atoms with Crippen LogP contribution in [-0.4, -0.2) is 45.0 Å². The van der Waals surface area contributed by atoms with E-state index in [0.717, 1.165) is 18.4 Å². The summed E-state index contributed by atoms with van der Waals surface area (Å²) in [4.78, 5) is 22.4. The van der Waals surface area contributed by atoms with Crippen LogP contribution in [0.25, 0.3) is 0 Å². The number of ether oxygens (including phenoxy) is 1. The molecule has 6 N–H and O–H groups in total. The quantitative estimate of drug-likeness (QED) is 0.666. The van der Waals surface area contributed by atoms with Gasteiger partial charge in [0.05, 0.1) is 11.1 Å². The van der Waals surface area contributed by atoms with Crippen LogP contribution < -0.4 is 21.9 Å². The second kappa shape index (κ2) is 5.23. The van der Waals surface area contributed by atoms with Crippen LogP contribution in [0.3, 0.4) is 0 Å². The van der Waals surface area contributed by atoms with Crippen molar-refractivity contribution in [1.82, 2.24) is 14.9 Å². The predicted octanol–water partition coefficient (Wildman–Crippen LogP) is 0.0645. The van der Waals surface area contributed by atoms with E-state index in [0.29, 0.717) is 37.6 Å². The van der Waals surface area contributed by atoms with Crippen LogP contribution in [0.2, 0.25) is 0 Å². The molecule has 1 atom stereocenters. The highest BCUT2D eigenvalue weighted by atomic mass is 16.5. The van der Waals surface area contributed by atoms with Gasteiger partial charge in [-0.15, -0.1) is 0 Å². The zero-order chi connectivity index (χ0) is 16.8. The topological polar surface area (TPSA) is 133 Å². The van der Waals surface area contributed by atoms with Gasteiger partial charge in [-0.25, -0.2) is 0 Å². The van der Waals surface area contributed by atoms with Crippen molar-refractivity contribution < 1.29 is 9.53 Å². The number of likely N-dealkylation sites (tertiary alicyclic amines) is 1. The van der Waals surface area contributed by atoms with Crippen LogP contribution in [0.1, 0.15) is 38.7 Å². The molecule has 126 valence electrons. The Labute approximate surface area is 135 Å². The van der Waals surface area contributed by atoms with E-state index in [-0.39, 0.29) is 17.5 Å². The summed E-state index contributed by atoms with van der Waals surface area (Å²) in [5.74, 6) is 0.945. The van der Waals surface area contributed by atoms with Crippen molar-refractivity contribution in [1.29, 1.82) is 0 Å². The minimum absolute atomic E-state index is 0.0337. The second-order valence-electron chi connectivity index (χ2n) is 7.08. The summed E-state index contributed by atoms with van der Waals surface area (Å²) in [6.07, 6.45) is 3.04. The Morgan fingerprint density at radius 1 is 1.26 bits per heavy atom. The second-order valence-corrected chi connectivity index (χ2v) is 7.08. The molecule has 0 saturated carbocycles. The number of hydrogen-bond donors (Lipinski definition) is 3. The fraction of sp³-hybridized carbons (Fsp3) is 0.667. The Kier molecular flexibility index (Phi) is 3.59. The van der Waals surface area contributed by atoms with Crippen LogP contribution in [0.5, 0.6) is 5.88 Å². The summed E-state index contributed by atoms with van der Waals surface area (Å²) in [7, 11) is 0. The average molecular weight is 320 g/mol. The lowest BCUT2D eigenvalue weighted by Crippen LogP contribution is -2.51. The lowest BCUT2D eigenvalue weighted by Gasteiger charge is -2.29. The lowest BCUT2D eigenvalue weighted by atomic mass is 9.90. The normalized spacial score (nSPS) is 24.2. The largest absolute Gasteiger partial charge is 0.470 e. The van der Waals surface area contributed by atoms with Gasteiger partial charge in [0.25, 0.3) is 0 Å². The van der Waals surface area contributed by atoms with E-state index in [2.05, 4.69) is 9.97 Å². The molecular formula is C15H24N6O2. The van der Waals surface area contributed by atoms with Crippen LogP contribution >= 0.6 is 0 Å². The molecule has 2 aliphatic rings. The number of carbonyl (C=O) groups is 1. The van der Waals surface area contributed by atoms with Gasteiger partial charge in [0.1, 0.15) is 11.4 Å². The van der Waals surface area contributed by atoms with E-state index in [9.17, 15) is 4.79 Å². The molecule has 2 aliphatic heterocycles. The van der Waals surface area contributed by atoms with Crippen molar-refractivity contribution in [3.8, 4) is 5.88 Å². The number of carbonyl (C=O) groups excluding carboxylic acids is 1. The van der Waals surface area contributed by atoms with Gasteiger partial charge in [0.2, 0.25) is 17.7 Å². The molecule has 23 heavy (non-hydrogen) atoms. The Balaban J connectivity index is 1.77. The number of nitrogens with zero attached hydrogens (tertiary/aromatic N) is 3. The van der Waals surface area contributed by atoms with Crippen molar-refractivity contribution in [2.45, 2.75) is 50.7 Å². The zero-order valence-corrected chi connectivity index (χ0v) is 13.6. The number of anilines is 2. The molecule has 3 heterocycles. The van der Waals surface area contributed by atoms with Crippen molar-refractivity contribution in [3.05, 3.63) is 5.56 Å². The Morgan fingerprint density at radius 2 is 2.00 bits per heavy atom. The predicted molar refractivity (Wildman–Crippen MR) is 86.6 cm³/mol. The number of hydrogen-bond acceptors (Lipinski definition) is 7. The van der Waals surface area contributed by atoms with Gasteiger partial charge >= 0.3 is 0 Å². The third kappa shape index (κ3) is 2.90. The van der Waals surface area contributed by atoms with Crippen LogP contribution in [0.15, 0.2) is 0 Å². The van der Waals surface area contributed by atoms with Crippen molar-refractivity contribution in [3.63, 3.8) is 0 Å². The molecule has 1 fully saturated rings. The molecule has 0 aliphatic carbocycles. The highest BCUT2D eigenvalue weighted by Crippen LogP contribution is 2.42. The number of aromatic nitrogens is 2. The molecule has 1 aromatic heterocycles. The summed E-state index contributed by atoms with van der Waals surface area (Å²) in [5, 5.41) is 0. The van der Waals surface area contributed by atoms with Gasteiger partial charge in [0, 0.05) is 25.9 Å². The van der Waals surface area contributed by atoms with Crippen LogP contribution in [0.4, 0.5) is 11.8 Å². The fourth-order valence-corrected chi connectivity index (χ4v) is 3.37. The fourth-order valence-electron chi connectivity index (χ4n) is 3.37. The number of nitrogen functional groups attached to an aromatic ring is 2. The average Bonchev–Trinajstić information content (AvgIpc) is 2.67. The summed E-state index contributed by atoms with van der Waals surface area (Å²) in [5.41, 5.74) is 17.1. The summed E-state index contributed by atoms with van der Waals surface area (Å²) >= 11 is 0. The molecule has 1 saturated heterocycles. The van der Waals surface area contributed by atoms with Gasteiger partial charge < -0.3 is 26.8 Å². The first-order valence-electron chi connectivity index (χ1n) is 7.89. The first-order valence-corrected chi connectivity index (χ1v) is 7.89. The van der Waals surface area contributed by atoms with Gasteiger partial charge in [0.15, 0.2) is 0 Å². The molecule has 8 heteroatoms. The Bertz CT molecular complexity index is 642. The molecule has 3 rings (SSSR count). The van der Waals surface area contributed by atoms with Gasteiger partial charge in [-0.3, -0.25) is 4.79 Å². The monoisotopic (exact) mass is 320 g/mol. The summed E-state index contributed by atoms with van der Waals surface area (Å²) < 4.78 is 6.11. The molecule has 1 aromatic rings. The van der Waals surface area contributed by atoms with E-state index in [1.807, 2.05) is 4.90 Å². The molecule has 0 bridgehead atoms. The molecule has 8 nitrogen and oxygen atoms in total. The number of amides is 1. The molecule has 1 amide bonds. The van der Waals surface area contributed by atoms with Gasteiger partial charge in [-0.1, -0.05) is 0 Å². The minimum atomic E-state index is -0.860. The first kappa shape index (κ1) is 15.8. The van der Waals surface area contributed by atoms with Crippen molar-refractivity contribution in [2.75, 3.05) is 24.6 Å². The molecular weight excluding hydrogens is 296 g/mol. The standard InChI is InChI=1S/C15H24N6O2/c1-14(2,18)12(22)21-6-3-4-15(5-7-21)8-9-10(16)19-13(17)20-11(9)23-15/h3-8,18H2,1-2H3,(H4,16,17,19,20)/t15-/m0/s1. The molecule has 0 radical (unpaired) electrons. The zero-order valence-electron chi connectivity index (χ0n) is 13.6. The molecule has 0 aromatic carbocycles. The molecule has 1 spiro atoms. The van der Waals surface area contributed by atoms with E-state index < -0.39 is 5.54 Å².